The van der Waals surface area contributed by atoms with Crippen molar-refractivity contribution in [1.29, 1.82) is 0 Å². The summed E-state index contributed by atoms with van der Waals surface area (Å²) in [6.07, 6.45) is 0. The van der Waals surface area contributed by atoms with Crippen LogP contribution in [0.3, 0.4) is 0 Å². The molecule has 5 nitrogen and oxygen atoms in total. The van der Waals surface area contributed by atoms with Gasteiger partial charge in [-0.15, -0.1) is 0 Å². The number of ether oxygens (including phenoxy) is 1. The third-order valence-corrected chi connectivity index (χ3v) is 3.28. The summed E-state index contributed by atoms with van der Waals surface area (Å²) >= 11 is 11.7. The number of benzene rings is 2. The quantitative estimate of drug-likeness (QED) is 0.660. The SMILES string of the molecule is O=C(COC(=O)c1c(Cl)cccc1Cl)Nc1ccc(O)cc1. The number of hydrogen-bond donors (Lipinski definition) is 2. The van der Waals surface area contributed by atoms with Crippen LogP contribution in [0.1, 0.15) is 10.4 Å². The maximum absolute atomic E-state index is 11.9. The summed E-state index contributed by atoms with van der Waals surface area (Å²) in [5.74, 6) is -1.23. The number of phenolic OH excluding ortho intramolecular Hbond substituents is 1. The van der Waals surface area contributed by atoms with E-state index in [9.17, 15) is 9.59 Å². The Bertz CT molecular complexity index is 681. The molecule has 0 unspecified atom stereocenters. The lowest BCUT2D eigenvalue weighted by Gasteiger charge is -2.08. The zero-order valence-electron chi connectivity index (χ0n) is 11.2. The number of aromatic hydroxyl groups is 1. The smallest absolute Gasteiger partial charge is 0.341 e. The molecule has 1 amide bonds. The van der Waals surface area contributed by atoms with Crippen molar-refractivity contribution in [2.24, 2.45) is 0 Å². The van der Waals surface area contributed by atoms with Gasteiger partial charge in [-0.05, 0) is 36.4 Å². The molecule has 0 bridgehead atoms. The molecule has 0 saturated carbocycles. The first kappa shape index (κ1) is 16.1. The lowest BCUT2D eigenvalue weighted by atomic mass is 10.2. The Morgan fingerprint density at radius 1 is 1.05 bits per heavy atom. The molecule has 0 aliphatic heterocycles. The molecule has 0 spiro atoms. The van der Waals surface area contributed by atoms with Gasteiger partial charge in [0, 0.05) is 5.69 Å². The topological polar surface area (TPSA) is 75.6 Å². The first-order valence-corrected chi connectivity index (χ1v) is 6.93. The summed E-state index contributed by atoms with van der Waals surface area (Å²) in [6, 6.07) is 10.5. The highest BCUT2D eigenvalue weighted by Gasteiger charge is 2.17. The van der Waals surface area contributed by atoms with E-state index in [1.807, 2.05) is 0 Å². The highest BCUT2D eigenvalue weighted by Crippen LogP contribution is 2.24. The van der Waals surface area contributed by atoms with E-state index >= 15 is 0 Å². The average Bonchev–Trinajstić information content (AvgIpc) is 2.47. The van der Waals surface area contributed by atoms with Crippen LogP contribution in [-0.2, 0) is 9.53 Å². The molecule has 0 radical (unpaired) electrons. The maximum atomic E-state index is 11.9. The van der Waals surface area contributed by atoms with Gasteiger partial charge in [0.2, 0.25) is 0 Å². The second-order valence-electron chi connectivity index (χ2n) is 4.27. The Morgan fingerprint density at radius 3 is 2.23 bits per heavy atom. The number of hydrogen-bond acceptors (Lipinski definition) is 4. The van der Waals surface area contributed by atoms with Gasteiger partial charge < -0.3 is 15.2 Å². The Kier molecular flexibility index (Phi) is 5.25. The van der Waals surface area contributed by atoms with Crippen molar-refractivity contribution in [3.63, 3.8) is 0 Å². The number of amides is 1. The van der Waals surface area contributed by atoms with Gasteiger partial charge in [-0.3, -0.25) is 4.79 Å². The minimum Gasteiger partial charge on any atom is -0.508 e. The van der Waals surface area contributed by atoms with Crippen LogP contribution in [-0.4, -0.2) is 23.6 Å². The number of esters is 1. The average molecular weight is 340 g/mol. The van der Waals surface area contributed by atoms with Gasteiger partial charge in [0.1, 0.15) is 5.75 Å². The molecule has 0 atom stereocenters. The summed E-state index contributed by atoms with van der Waals surface area (Å²) in [4.78, 5) is 23.6. The van der Waals surface area contributed by atoms with E-state index in [-0.39, 0.29) is 21.4 Å². The summed E-state index contributed by atoms with van der Waals surface area (Å²) in [5, 5.41) is 11.9. The third kappa shape index (κ3) is 4.13. The molecule has 0 fully saturated rings. The van der Waals surface area contributed by atoms with Crippen molar-refractivity contribution in [1.82, 2.24) is 0 Å². The van der Waals surface area contributed by atoms with Crippen molar-refractivity contribution < 1.29 is 19.4 Å². The van der Waals surface area contributed by atoms with Crippen LogP contribution in [0.2, 0.25) is 10.0 Å². The fourth-order valence-electron chi connectivity index (χ4n) is 1.64. The fraction of sp³-hybridized carbons (Fsp3) is 0.0667. The minimum absolute atomic E-state index is 0.0169. The molecule has 2 rings (SSSR count). The van der Waals surface area contributed by atoms with Crippen molar-refractivity contribution in [2.75, 3.05) is 11.9 Å². The third-order valence-electron chi connectivity index (χ3n) is 2.65. The predicted molar refractivity (Wildman–Crippen MR) is 83.5 cm³/mol. The van der Waals surface area contributed by atoms with Crippen molar-refractivity contribution in [2.45, 2.75) is 0 Å². The zero-order valence-corrected chi connectivity index (χ0v) is 12.7. The maximum Gasteiger partial charge on any atom is 0.341 e. The van der Waals surface area contributed by atoms with Gasteiger partial charge in [-0.25, -0.2) is 4.79 Å². The molecule has 114 valence electrons. The first-order chi connectivity index (χ1) is 10.5. The summed E-state index contributed by atoms with van der Waals surface area (Å²) in [5.41, 5.74) is 0.484. The molecular weight excluding hydrogens is 329 g/mol. The van der Waals surface area contributed by atoms with Gasteiger partial charge in [0.25, 0.3) is 5.91 Å². The summed E-state index contributed by atoms with van der Waals surface area (Å²) in [6.45, 7) is -0.485. The largest absolute Gasteiger partial charge is 0.508 e. The molecule has 22 heavy (non-hydrogen) atoms. The van der Waals surface area contributed by atoms with Crippen LogP contribution >= 0.6 is 23.2 Å². The van der Waals surface area contributed by atoms with Crippen molar-refractivity contribution in [3.05, 3.63) is 58.1 Å². The number of carbonyl (C=O) groups excluding carboxylic acids is 2. The van der Waals surface area contributed by atoms with E-state index in [4.69, 9.17) is 33.0 Å². The molecule has 0 aliphatic carbocycles. The normalized spacial score (nSPS) is 10.1. The first-order valence-electron chi connectivity index (χ1n) is 6.17. The number of phenols is 1. The van der Waals surface area contributed by atoms with Crippen LogP contribution in [0.15, 0.2) is 42.5 Å². The van der Waals surface area contributed by atoms with Gasteiger partial charge in [-0.1, -0.05) is 29.3 Å². The molecule has 2 aromatic carbocycles. The van der Waals surface area contributed by atoms with Crippen LogP contribution in [0.4, 0.5) is 5.69 Å². The molecular formula is C15H11Cl2NO4. The Labute approximate surface area is 136 Å². The highest BCUT2D eigenvalue weighted by atomic mass is 35.5. The highest BCUT2D eigenvalue weighted by molar-refractivity contribution is 6.39. The van der Waals surface area contributed by atoms with Crippen LogP contribution in [0.5, 0.6) is 5.75 Å². The molecule has 0 heterocycles. The summed E-state index contributed by atoms with van der Waals surface area (Å²) in [7, 11) is 0. The lowest BCUT2D eigenvalue weighted by molar-refractivity contribution is -0.119. The van der Waals surface area contributed by atoms with Crippen LogP contribution in [0.25, 0.3) is 0 Å². The Hall–Kier alpha value is -2.24. The standard InChI is InChI=1S/C15H11Cl2NO4/c16-11-2-1-3-12(17)14(11)15(21)22-8-13(20)18-9-4-6-10(19)7-5-9/h1-7,19H,8H2,(H,18,20). The van der Waals surface area contributed by atoms with Crippen LogP contribution in [0, 0.1) is 0 Å². The van der Waals surface area contributed by atoms with Gasteiger partial charge in [0.15, 0.2) is 6.61 Å². The minimum atomic E-state index is -0.781. The Balaban J connectivity index is 1.93. The van der Waals surface area contributed by atoms with Gasteiger partial charge in [0.05, 0.1) is 15.6 Å². The van der Waals surface area contributed by atoms with Crippen molar-refractivity contribution >= 4 is 40.8 Å². The van der Waals surface area contributed by atoms with Gasteiger partial charge in [-0.2, -0.15) is 0 Å². The molecule has 2 aromatic rings. The fourth-order valence-corrected chi connectivity index (χ4v) is 2.19. The Morgan fingerprint density at radius 2 is 1.64 bits per heavy atom. The number of rotatable bonds is 4. The van der Waals surface area contributed by atoms with Crippen molar-refractivity contribution in [3.8, 4) is 5.75 Å². The molecule has 0 aliphatic rings. The van der Waals surface area contributed by atoms with Crippen LogP contribution < -0.4 is 5.32 Å². The second-order valence-corrected chi connectivity index (χ2v) is 5.08. The monoisotopic (exact) mass is 339 g/mol. The zero-order chi connectivity index (χ0) is 16.1. The molecule has 0 saturated heterocycles. The molecule has 0 aromatic heterocycles. The number of halogens is 2. The molecule has 2 N–H and O–H groups in total. The molecule has 7 heteroatoms. The van der Waals surface area contributed by atoms with E-state index in [1.54, 1.807) is 6.07 Å². The van der Waals surface area contributed by atoms with E-state index in [1.165, 1.54) is 36.4 Å². The second kappa shape index (κ2) is 7.15. The van der Waals surface area contributed by atoms with Gasteiger partial charge >= 0.3 is 5.97 Å². The number of anilines is 1. The summed E-state index contributed by atoms with van der Waals surface area (Å²) < 4.78 is 4.88. The van der Waals surface area contributed by atoms with E-state index in [0.717, 1.165) is 0 Å². The lowest BCUT2D eigenvalue weighted by Crippen LogP contribution is -2.21. The predicted octanol–water partition coefficient (Wildman–Crippen LogP) is 3.49. The van der Waals surface area contributed by atoms with E-state index in [0.29, 0.717) is 5.69 Å². The van der Waals surface area contributed by atoms with E-state index < -0.39 is 18.5 Å². The van der Waals surface area contributed by atoms with E-state index in [2.05, 4.69) is 5.32 Å². The number of carbonyl (C=O) groups is 2. The number of nitrogens with one attached hydrogen (secondary N) is 1.